The number of nitrogens with zero attached hydrogens (tertiary/aromatic N) is 3. The van der Waals surface area contributed by atoms with Crippen LogP contribution in [0, 0.1) is 11.3 Å². The molecule has 0 atom stereocenters. The van der Waals surface area contributed by atoms with Gasteiger partial charge in [-0.25, -0.2) is 4.98 Å². The number of benzene rings is 2. The minimum atomic E-state index is -4.86. The molecule has 0 N–H and O–H groups in total. The van der Waals surface area contributed by atoms with Crippen molar-refractivity contribution in [3.63, 3.8) is 0 Å². The fourth-order valence-electron chi connectivity index (χ4n) is 3.23. The lowest BCUT2D eigenvalue weighted by atomic mass is 9.98. The van der Waals surface area contributed by atoms with E-state index < -0.39 is 29.6 Å². The lowest BCUT2D eigenvalue weighted by molar-refractivity contribution is -0.141. The summed E-state index contributed by atoms with van der Waals surface area (Å²) in [5.74, 6) is -0.468. The minimum Gasteiger partial charge on any atom is -0.290 e. The van der Waals surface area contributed by atoms with E-state index in [0.717, 1.165) is 12.1 Å². The largest absolute Gasteiger partial charge is 0.433 e. The zero-order valence-corrected chi connectivity index (χ0v) is 14.3. The quantitative estimate of drug-likeness (QED) is 0.454. The van der Waals surface area contributed by atoms with Crippen LogP contribution >= 0.6 is 0 Å². The third-order valence-electron chi connectivity index (χ3n) is 4.45. The van der Waals surface area contributed by atoms with Crippen LogP contribution in [0.15, 0.2) is 54.2 Å². The van der Waals surface area contributed by atoms with Gasteiger partial charge in [-0.1, -0.05) is 18.2 Å². The molecule has 0 saturated carbocycles. The number of hydrogen-bond acceptors (Lipinski definition) is 3. The van der Waals surface area contributed by atoms with E-state index in [-0.39, 0.29) is 27.6 Å². The number of pyridine rings is 1. The van der Waals surface area contributed by atoms with Gasteiger partial charge in [0.2, 0.25) is 0 Å². The van der Waals surface area contributed by atoms with Gasteiger partial charge in [0.05, 0.1) is 11.6 Å². The van der Waals surface area contributed by atoms with Crippen LogP contribution in [0.4, 0.5) is 37.8 Å². The van der Waals surface area contributed by atoms with Crippen LogP contribution in [0.25, 0.3) is 16.8 Å². The van der Waals surface area contributed by atoms with Gasteiger partial charge in [-0.2, -0.15) is 31.6 Å². The highest BCUT2D eigenvalue weighted by Gasteiger charge is 2.43. The van der Waals surface area contributed by atoms with E-state index >= 15 is 0 Å². The Morgan fingerprint density at radius 1 is 0.897 bits per heavy atom. The SMILES string of the molecule is N#Cc1ccc(N2C(C(F)(F)F)=Cc3cccc4cc(C(F)(F)F)nc2c34)cc1. The molecule has 0 fully saturated rings. The van der Waals surface area contributed by atoms with Crippen molar-refractivity contribution < 1.29 is 26.3 Å². The lowest BCUT2D eigenvalue weighted by Gasteiger charge is -2.32. The van der Waals surface area contributed by atoms with Crippen molar-refractivity contribution in [2.24, 2.45) is 0 Å². The lowest BCUT2D eigenvalue weighted by Crippen LogP contribution is -2.31. The maximum absolute atomic E-state index is 13.8. The summed E-state index contributed by atoms with van der Waals surface area (Å²) in [4.78, 5) is 4.21. The van der Waals surface area contributed by atoms with Gasteiger partial charge in [0, 0.05) is 11.1 Å². The topological polar surface area (TPSA) is 39.9 Å². The first-order chi connectivity index (χ1) is 13.6. The van der Waals surface area contributed by atoms with Crippen LogP contribution in [-0.4, -0.2) is 11.2 Å². The summed E-state index contributed by atoms with van der Waals surface area (Å²) in [5.41, 5.74) is -2.20. The highest BCUT2D eigenvalue weighted by Crippen LogP contribution is 2.46. The predicted octanol–water partition coefficient (Wildman–Crippen LogP) is 6.18. The Kier molecular flexibility index (Phi) is 4.04. The van der Waals surface area contributed by atoms with Crippen molar-refractivity contribution >= 4 is 28.4 Å². The highest BCUT2D eigenvalue weighted by molar-refractivity contribution is 6.04. The second-order valence-corrected chi connectivity index (χ2v) is 6.30. The van der Waals surface area contributed by atoms with Gasteiger partial charge >= 0.3 is 12.4 Å². The van der Waals surface area contributed by atoms with Gasteiger partial charge < -0.3 is 0 Å². The molecule has 4 rings (SSSR count). The first kappa shape index (κ1) is 18.8. The fraction of sp³-hybridized carbons (Fsp3) is 0.100. The third kappa shape index (κ3) is 3.16. The summed E-state index contributed by atoms with van der Waals surface area (Å²) < 4.78 is 81.5. The van der Waals surface area contributed by atoms with Gasteiger partial charge in [-0.3, -0.25) is 4.90 Å². The average molecular weight is 405 g/mol. The maximum Gasteiger partial charge on any atom is 0.433 e. The molecular weight excluding hydrogens is 396 g/mol. The molecule has 1 aliphatic heterocycles. The molecular formula is C20H9F6N3. The number of aromatic nitrogens is 1. The number of allylic oxidation sites excluding steroid dienone is 1. The molecule has 2 heterocycles. The van der Waals surface area contributed by atoms with Crippen LogP contribution in [0.3, 0.4) is 0 Å². The monoisotopic (exact) mass is 405 g/mol. The molecule has 1 aromatic heterocycles. The van der Waals surface area contributed by atoms with Crippen molar-refractivity contribution in [1.82, 2.24) is 4.98 Å². The smallest absolute Gasteiger partial charge is 0.290 e. The summed E-state index contributed by atoms with van der Waals surface area (Å²) in [6.45, 7) is 0. The molecule has 29 heavy (non-hydrogen) atoms. The molecule has 0 bridgehead atoms. The Balaban J connectivity index is 2.07. The highest BCUT2D eigenvalue weighted by atomic mass is 19.4. The van der Waals surface area contributed by atoms with E-state index in [1.165, 1.54) is 42.5 Å². The van der Waals surface area contributed by atoms with Crippen molar-refractivity contribution in [3.8, 4) is 6.07 Å². The third-order valence-corrected chi connectivity index (χ3v) is 4.45. The van der Waals surface area contributed by atoms with E-state index in [4.69, 9.17) is 5.26 Å². The average Bonchev–Trinajstić information content (AvgIpc) is 2.66. The molecule has 2 aromatic carbocycles. The molecule has 0 amide bonds. The molecule has 0 unspecified atom stereocenters. The van der Waals surface area contributed by atoms with E-state index in [9.17, 15) is 26.3 Å². The second kappa shape index (κ2) is 6.24. The molecule has 146 valence electrons. The number of alkyl halides is 6. The van der Waals surface area contributed by atoms with Gasteiger partial charge in [0.25, 0.3) is 0 Å². The molecule has 3 aromatic rings. The Morgan fingerprint density at radius 3 is 2.17 bits per heavy atom. The molecule has 1 aliphatic rings. The van der Waals surface area contributed by atoms with E-state index in [1.54, 1.807) is 0 Å². The molecule has 0 radical (unpaired) electrons. The van der Waals surface area contributed by atoms with E-state index in [1.807, 2.05) is 6.07 Å². The summed E-state index contributed by atoms with van der Waals surface area (Å²) in [7, 11) is 0. The normalized spacial score (nSPS) is 14.0. The second-order valence-electron chi connectivity index (χ2n) is 6.30. The zero-order valence-electron chi connectivity index (χ0n) is 14.3. The van der Waals surface area contributed by atoms with Crippen molar-refractivity contribution in [2.45, 2.75) is 12.4 Å². The number of hydrogen-bond donors (Lipinski definition) is 0. The molecule has 0 saturated heterocycles. The first-order valence-electron chi connectivity index (χ1n) is 8.20. The van der Waals surface area contributed by atoms with Gasteiger partial charge in [0.1, 0.15) is 17.2 Å². The van der Waals surface area contributed by atoms with Crippen molar-refractivity contribution in [3.05, 3.63) is 71.0 Å². The Morgan fingerprint density at radius 2 is 1.59 bits per heavy atom. The predicted molar refractivity (Wildman–Crippen MR) is 94.1 cm³/mol. The van der Waals surface area contributed by atoms with Gasteiger partial charge in [0.15, 0.2) is 0 Å². The molecule has 0 aliphatic carbocycles. The zero-order chi connectivity index (χ0) is 21.0. The summed E-state index contributed by atoms with van der Waals surface area (Å²) in [6, 6.07) is 11.9. The molecule has 3 nitrogen and oxygen atoms in total. The number of nitriles is 1. The molecule has 9 heteroatoms. The number of rotatable bonds is 1. The van der Waals surface area contributed by atoms with Crippen LogP contribution < -0.4 is 4.90 Å². The number of anilines is 2. The Hall–Kier alpha value is -3.54. The Bertz CT molecular complexity index is 1180. The van der Waals surface area contributed by atoms with Crippen LogP contribution in [0.1, 0.15) is 16.8 Å². The van der Waals surface area contributed by atoms with E-state index in [0.29, 0.717) is 4.90 Å². The Labute approximate surface area is 160 Å². The summed E-state index contributed by atoms with van der Waals surface area (Å²) in [6.07, 6.45) is -8.82. The van der Waals surface area contributed by atoms with Gasteiger partial charge in [-0.15, -0.1) is 0 Å². The first-order valence-corrected chi connectivity index (χ1v) is 8.20. The maximum atomic E-state index is 13.8. The van der Waals surface area contributed by atoms with Crippen LogP contribution in [-0.2, 0) is 6.18 Å². The van der Waals surface area contributed by atoms with Crippen molar-refractivity contribution in [2.75, 3.05) is 4.90 Å². The van der Waals surface area contributed by atoms with Crippen LogP contribution in [0.5, 0.6) is 0 Å². The van der Waals surface area contributed by atoms with E-state index in [2.05, 4.69) is 4.98 Å². The minimum absolute atomic E-state index is 0.0600. The number of halogens is 6. The standard InChI is InChI=1S/C20H9F6N3/c21-19(22,23)15-8-12-2-1-3-13-9-16(20(24,25)26)29(18(28-15)17(12)13)14-6-4-11(10-27)5-7-14/h1-9H. The fourth-order valence-corrected chi connectivity index (χ4v) is 3.23. The van der Waals surface area contributed by atoms with Crippen molar-refractivity contribution in [1.29, 1.82) is 5.26 Å². The molecule has 0 spiro atoms. The van der Waals surface area contributed by atoms with Gasteiger partial charge in [-0.05, 0) is 47.4 Å². The van der Waals surface area contributed by atoms with Crippen LogP contribution in [0.2, 0.25) is 0 Å². The summed E-state index contributed by atoms with van der Waals surface area (Å²) >= 11 is 0. The summed E-state index contributed by atoms with van der Waals surface area (Å²) in [5, 5.41) is 9.21.